The van der Waals surface area contributed by atoms with Crippen LogP contribution >= 0.6 is 11.6 Å². The highest BCUT2D eigenvalue weighted by molar-refractivity contribution is 6.30. The molecule has 5 heteroatoms. The number of carbonyl (C=O) groups excluding carboxylic acids is 1. The van der Waals surface area contributed by atoms with E-state index in [9.17, 15) is 4.79 Å². The summed E-state index contributed by atoms with van der Waals surface area (Å²) in [7, 11) is 0. The molecule has 21 heavy (non-hydrogen) atoms. The van der Waals surface area contributed by atoms with Crippen molar-refractivity contribution in [3.8, 4) is 0 Å². The Balaban J connectivity index is 1.86. The van der Waals surface area contributed by atoms with Gasteiger partial charge in [0.25, 0.3) is 0 Å². The lowest BCUT2D eigenvalue weighted by molar-refractivity contribution is -0.122. The Kier molecular flexibility index (Phi) is 4.91. The summed E-state index contributed by atoms with van der Waals surface area (Å²) in [4.78, 5) is 11.7. The highest BCUT2D eigenvalue weighted by atomic mass is 35.5. The maximum Gasteiger partial charge on any atom is 0.221 e. The first-order valence-corrected chi connectivity index (χ1v) is 7.42. The van der Waals surface area contributed by atoms with Crippen molar-refractivity contribution in [2.75, 3.05) is 6.54 Å². The van der Waals surface area contributed by atoms with Crippen molar-refractivity contribution >= 4 is 28.5 Å². The summed E-state index contributed by atoms with van der Waals surface area (Å²) in [5, 5.41) is 7.58. The Morgan fingerprint density at radius 3 is 2.71 bits per heavy atom. The fourth-order valence-electron chi connectivity index (χ4n) is 2.13. The molecule has 1 aromatic heterocycles. The summed E-state index contributed by atoms with van der Waals surface area (Å²) >= 11 is 6.11. The SMILES string of the molecule is CC(C)(C)NC(=O)CCNCc1c(Cl)oc2ccccc12. The van der Waals surface area contributed by atoms with Crippen LogP contribution in [-0.2, 0) is 11.3 Å². The third-order valence-corrected chi connectivity index (χ3v) is 3.30. The molecular weight excluding hydrogens is 288 g/mol. The maximum atomic E-state index is 11.7. The molecule has 0 bridgehead atoms. The zero-order chi connectivity index (χ0) is 15.5. The zero-order valence-electron chi connectivity index (χ0n) is 12.6. The van der Waals surface area contributed by atoms with E-state index < -0.39 is 0 Å². The number of para-hydroxylation sites is 1. The van der Waals surface area contributed by atoms with Gasteiger partial charge in [0, 0.05) is 36.0 Å². The summed E-state index contributed by atoms with van der Waals surface area (Å²) in [6.07, 6.45) is 0.435. The largest absolute Gasteiger partial charge is 0.444 e. The second-order valence-corrected chi connectivity index (χ2v) is 6.42. The Morgan fingerprint density at radius 1 is 1.29 bits per heavy atom. The van der Waals surface area contributed by atoms with E-state index in [0.717, 1.165) is 16.5 Å². The van der Waals surface area contributed by atoms with Gasteiger partial charge in [-0.25, -0.2) is 0 Å². The van der Waals surface area contributed by atoms with Crippen LogP contribution in [0.4, 0.5) is 0 Å². The van der Waals surface area contributed by atoms with Crippen molar-refractivity contribution in [2.24, 2.45) is 0 Å². The first-order valence-electron chi connectivity index (χ1n) is 7.04. The molecule has 114 valence electrons. The number of carbonyl (C=O) groups is 1. The molecule has 0 unspecified atom stereocenters. The summed E-state index contributed by atoms with van der Waals surface area (Å²) in [5.74, 6) is 0.0400. The minimum absolute atomic E-state index is 0.0400. The number of nitrogens with one attached hydrogen (secondary N) is 2. The molecule has 0 radical (unpaired) electrons. The minimum atomic E-state index is -0.193. The first-order chi connectivity index (χ1) is 9.87. The van der Waals surface area contributed by atoms with Gasteiger partial charge in [0.05, 0.1) is 0 Å². The van der Waals surface area contributed by atoms with Crippen molar-refractivity contribution in [3.05, 3.63) is 35.0 Å². The monoisotopic (exact) mass is 308 g/mol. The Hall–Kier alpha value is -1.52. The van der Waals surface area contributed by atoms with Crippen LogP contribution in [-0.4, -0.2) is 18.0 Å². The van der Waals surface area contributed by atoms with Crippen molar-refractivity contribution < 1.29 is 9.21 Å². The molecule has 2 aromatic rings. The number of amides is 1. The van der Waals surface area contributed by atoms with E-state index >= 15 is 0 Å². The Morgan fingerprint density at radius 2 is 2.00 bits per heavy atom. The van der Waals surface area contributed by atoms with Crippen LogP contribution in [0.25, 0.3) is 11.0 Å². The van der Waals surface area contributed by atoms with Crippen molar-refractivity contribution in [1.29, 1.82) is 0 Å². The molecule has 0 fully saturated rings. The summed E-state index contributed by atoms with van der Waals surface area (Å²) in [6, 6.07) is 7.74. The second-order valence-electron chi connectivity index (χ2n) is 6.08. The number of rotatable bonds is 5. The minimum Gasteiger partial charge on any atom is -0.444 e. The number of furan rings is 1. The van der Waals surface area contributed by atoms with Gasteiger partial charge in [-0.3, -0.25) is 4.79 Å². The maximum absolute atomic E-state index is 11.7. The van der Waals surface area contributed by atoms with Gasteiger partial charge in [-0.15, -0.1) is 0 Å². The molecule has 0 saturated heterocycles. The lowest BCUT2D eigenvalue weighted by Gasteiger charge is -2.20. The molecule has 1 heterocycles. The third-order valence-electron chi connectivity index (χ3n) is 2.99. The van der Waals surface area contributed by atoms with Crippen LogP contribution in [0.1, 0.15) is 32.8 Å². The molecule has 1 aromatic carbocycles. The molecule has 2 rings (SSSR count). The van der Waals surface area contributed by atoms with Gasteiger partial charge >= 0.3 is 0 Å². The average Bonchev–Trinajstić information content (AvgIpc) is 2.68. The van der Waals surface area contributed by atoms with Crippen molar-refractivity contribution in [3.63, 3.8) is 0 Å². The molecule has 0 aliphatic carbocycles. The summed E-state index contributed by atoms with van der Waals surface area (Å²) in [5.41, 5.74) is 1.52. The van der Waals surface area contributed by atoms with Gasteiger partial charge in [-0.1, -0.05) is 18.2 Å². The molecule has 0 aliphatic heterocycles. The van der Waals surface area contributed by atoms with Crippen LogP contribution in [0, 0.1) is 0 Å². The van der Waals surface area contributed by atoms with E-state index in [-0.39, 0.29) is 11.4 Å². The molecule has 4 nitrogen and oxygen atoms in total. The van der Waals surface area contributed by atoms with Crippen LogP contribution in [0.2, 0.25) is 5.22 Å². The average molecular weight is 309 g/mol. The molecule has 0 atom stereocenters. The van der Waals surface area contributed by atoms with E-state index in [1.807, 2.05) is 45.0 Å². The van der Waals surface area contributed by atoms with Crippen LogP contribution in [0.3, 0.4) is 0 Å². The number of hydrogen-bond acceptors (Lipinski definition) is 3. The molecule has 0 aliphatic rings. The normalized spacial score (nSPS) is 11.8. The van der Waals surface area contributed by atoms with Gasteiger partial charge in [-0.2, -0.15) is 0 Å². The van der Waals surface area contributed by atoms with E-state index in [0.29, 0.717) is 24.7 Å². The van der Waals surface area contributed by atoms with Crippen LogP contribution in [0.5, 0.6) is 0 Å². The second kappa shape index (κ2) is 6.50. The summed E-state index contributed by atoms with van der Waals surface area (Å²) in [6.45, 7) is 7.08. The lowest BCUT2D eigenvalue weighted by atomic mass is 10.1. The van der Waals surface area contributed by atoms with Gasteiger partial charge in [0.2, 0.25) is 5.91 Å². The van der Waals surface area contributed by atoms with Gasteiger partial charge in [0.15, 0.2) is 5.22 Å². The standard InChI is InChI=1S/C16H21ClN2O2/c1-16(2,3)19-14(20)8-9-18-10-12-11-6-4-5-7-13(11)21-15(12)17/h4-7,18H,8-10H2,1-3H3,(H,19,20). The number of benzene rings is 1. The van der Waals surface area contributed by atoms with E-state index in [1.54, 1.807) is 0 Å². The highest BCUT2D eigenvalue weighted by Crippen LogP contribution is 2.29. The van der Waals surface area contributed by atoms with Gasteiger partial charge < -0.3 is 15.1 Å². The number of halogens is 1. The quantitative estimate of drug-likeness (QED) is 0.831. The Bertz CT molecular complexity index is 629. The van der Waals surface area contributed by atoms with E-state index in [2.05, 4.69) is 10.6 Å². The zero-order valence-corrected chi connectivity index (χ0v) is 13.4. The highest BCUT2D eigenvalue weighted by Gasteiger charge is 2.14. The van der Waals surface area contributed by atoms with Crippen LogP contribution < -0.4 is 10.6 Å². The fourth-order valence-corrected chi connectivity index (χ4v) is 2.38. The topological polar surface area (TPSA) is 54.3 Å². The number of hydrogen-bond donors (Lipinski definition) is 2. The molecule has 1 amide bonds. The summed E-state index contributed by atoms with van der Waals surface area (Å²) < 4.78 is 5.49. The molecule has 0 saturated carbocycles. The third kappa shape index (κ3) is 4.48. The number of fused-ring (bicyclic) bond motifs is 1. The predicted octanol–water partition coefficient (Wildman–Crippen LogP) is 3.48. The molecule has 2 N–H and O–H groups in total. The van der Waals surface area contributed by atoms with E-state index in [4.69, 9.17) is 16.0 Å². The van der Waals surface area contributed by atoms with Crippen molar-refractivity contribution in [2.45, 2.75) is 39.3 Å². The molecular formula is C16H21ClN2O2. The fraction of sp³-hybridized carbons (Fsp3) is 0.438. The molecule has 0 spiro atoms. The van der Waals surface area contributed by atoms with Gasteiger partial charge in [-0.05, 0) is 38.4 Å². The smallest absolute Gasteiger partial charge is 0.221 e. The van der Waals surface area contributed by atoms with Crippen molar-refractivity contribution in [1.82, 2.24) is 10.6 Å². The first kappa shape index (κ1) is 15.9. The lowest BCUT2D eigenvalue weighted by Crippen LogP contribution is -2.41. The van der Waals surface area contributed by atoms with Gasteiger partial charge in [0.1, 0.15) is 5.58 Å². The predicted molar refractivity (Wildman–Crippen MR) is 85.4 cm³/mol. The van der Waals surface area contributed by atoms with Crippen LogP contribution in [0.15, 0.2) is 28.7 Å². The van der Waals surface area contributed by atoms with E-state index in [1.165, 1.54) is 0 Å². The Labute approximate surface area is 129 Å².